The summed E-state index contributed by atoms with van der Waals surface area (Å²) in [5.74, 6) is -0.779. The molecule has 0 spiro atoms. The van der Waals surface area contributed by atoms with Crippen LogP contribution in [0.1, 0.15) is 13.3 Å². The zero-order valence-corrected chi connectivity index (χ0v) is 14.3. The lowest BCUT2D eigenvalue weighted by atomic mass is 10.3. The minimum absolute atomic E-state index is 0.0165. The number of aryl methyl sites for hydroxylation is 1. The molecule has 9 heteroatoms. The van der Waals surface area contributed by atoms with Crippen molar-refractivity contribution in [1.29, 1.82) is 0 Å². The Labute approximate surface area is 144 Å². The first-order valence-corrected chi connectivity index (χ1v) is 7.84. The number of fused-ring (bicyclic) bond motifs is 1. The van der Waals surface area contributed by atoms with Crippen molar-refractivity contribution in [1.82, 2.24) is 20.7 Å². The van der Waals surface area contributed by atoms with E-state index in [0.29, 0.717) is 22.8 Å². The van der Waals surface area contributed by atoms with Crippen LogP contribution in [0.4, 0.5) is 0 Å². The lowest BCUT2D eigenvalue weighted by molar-refractivity contribution is -0.121. The van der Waals surface area contributed by atoms with Crippen molar-refractivity contribution in [3.05, 3.63) is 34.8 Å². The van der Waals surface area contributed by atoms with E-state index in [1.54, 1.807) is 31.4 Å². The summed E-state index contributed by atoms with van der Waals surface area (Å²) in [5.41, 5.74) is 6.25. The minimum atomic E-state index is -0.484. The molecule has 0 saturated carbocycles. The maximum absolute atomic E-state index is 11.9. The Morgan fingerprint density at radius 2 is 2.12 bits per heavy atom. The van der Waals surface area contributed by atoms with Gasteiger partial charge in [-0.3, -0.25) is 20.2 Å². The van der Waals surface area contributed by atoms with E-state index >= 15 is 0 Å². The van der Waals surface area contributed by atoms with Gasteiger partial charge in [-0.15, -0.1) is 0 Å². The second kappa shape index (κ2) is 8.46. The van der Waals surface area contributed by atoms with Gasteiger partial charge in [0.25, 0.3) is 0 Å². The first-order valence-electron chi connectivity index (χ1n) is 7.44. The van der Waals surface area contributed by atoms with E-state index in [2.05, 4.69) is 16.2 Å². The lowest BCUT2D eigenvalue weighted by Crippen LogP contribution is -2.50. The number of nitrogens with one attached hydrogen (secondary N) is 3. The average molecular weight is 352 g/mol. The van der Waals surface area contributed by atoms with Crippen LogP contribution in [0.15, 0.2) is 33.5 Å². The Morgan fingerprint density at radius 3 is 2.88 bits per heavy atom. The van der Waals surface area contributed by atoms with Gasteiger partial charge >= 0.3 is 5.76 Å². The SMILES string of the molecule is COC[C@H](C)NC(=S)NNC(=O)CCn1c(=O)oc2ccccc21. The summed E-state index contributed by atoms with van der Waals surface area (Å²) in [7, 11) is 1.60. The Hall–Kier alpha value is -2.39. The highest BCUT2D eigenvalue weighted by atomic mass is 32.1. The molecule has 24 heavy (non-hydrogen) atoms. The summed E-state index contributed by atoms with van der Waals surface area (Å²) in [5, 5.41) is 3.24. The quantitative estimate of drug-likeness (QED) is 0.515. The van der Waals surface area contributed by atoms with Gasteiger partial charge in [-0.1, -0.05) is 12.1 Å². The summed E-state index contributed by atoms with van der Waals surface area (Å²) in [6.45, 7) is 2.60. The topological polar surface area (TPSA) is 97.5 Å². The van der Waals surface area contributed by atoms with Crippen LogP contribution in [-0.2, 0) is 16.1 Å². The number of thiocarbonyl (C=S) groups is 1. The number of hydrazine groups is 1. The zero-order valence-electron chi connectivity index (χ0n) is 13.5. The van der Waals surface area contributed by atoms with Crippen LogP contribution >= 0.6 is 12.2 Å². The van der Waals surface area contributed by atoms with E-state index in [0.717, 1.165) is 0 Å². The first kappa shape index (κ1) is 18.0. The molecule has 0 aliphatic rings. The van der Waals surface area contributed by atoms with Crippen LogP contribution in [0.2, 0.25) is 0 Å². The van der Waals surface area contributed by atoms with E-state index in [4.69, 9.17) is 21.4 Å². The highest BCUT2D eigenvalue weighted by molar-refractivity contribution is 7.80. The van der Waals surface area contributed by atoms with Crippen molar-refractivity contribution in [3.8, 4) is 0 Å². The van der Waals surface area contributed by atoms with Crippen LogP contribution in [-0.4, -0.2) is 35.3 Å². The van der Waals surface area contributed by atoms with Crippen LogP contribution in [0, 0.1) is 0 Å². The van der Waals surface area contributed by atoms with Crippen molar-refractivity contribution in [2.75, 3.05) is 13.7 Å². The summed E-state index contributed by atoms with van der Waals surface area (Å²) >= 11 is 5.05. The Bertz CT molecular complexity index is 770. The van der Waals surface area contributed by atoms with E-state index < -0.39 is 5.76 Å². The predicted octanol–water partition coefficient (Wildman–Crippen LogP) is 0.515. The smallest absolute Gasteiger partial charge is 0.408 e. The van der Waals surface area contributed by atoms with Crippen molar-refractivity contribution >= 4 is 34.3 Å². The Kier molecular flexibility index (Phi) is 6.33. The second-order valence-electron chi connectivity index (χ2n) is 5.24. The van der Waals surface area contributed by atoms with Gasteiger partial charge in [0.2, 0.25) is 5.91 Å². The monoisotopic (exact) mass is 352 g/mol. The molecule has 0 saturated heterocycles. The molecule has 3 N–H and O–H groups in total. The van der Waals surface area contributed by atoms with Crippen molar-refractivity contribution in [3.63, 3.8) is 0 Å². The molecule has 0 radical (unpaired) electrons. The fourth-order valence-electron chi connectivity index (χ4n) is 2.18. The number of amides is 1. The molecule has 1 aromatic carbocycles. The summed E-state index contributed by atoms with van der Waals surface area (Å²) < 4.78 is 11.5. The van der Waals surface area contributed by atoms with Crippen LogP contribution in [0.25, 0.3) is 11.1 Å². The normalized spacial score (nSPS) is 11.9. The van der Waals surface area contributed by atoms with E-state index in [1.807, 2.05) is 6.92 Å². The molecule has 2 aromatic rings. The minimum Gasteiger partial charge on any atom is -0.408 e. The third-order valence-corrected chi connectivity index (χ3v) is 3.47. The van der Waals surface area contributed by atoms with Crippen LogP contribution < -0.4 is 21.9 Å². The van der Waals surface area contributed by atoms with Gasteiger partial charge < -0.3 is 14.5 Å². The van der Waals surface area contributed by atoms with E-state index in [-0.39, 0.29) is 24.9 Å². The highest BCUT2D eigenvalue weighted by Crippen LogP contribution is 2.11. The Balaban J connectivity index is 1.82. The summed E-state index contributed by atoms with van der Waals surface area (Å²) in [4.78, 5) is 23.7. The van der Waals surface area contributed by atoms with Crippen molar-refractivity contribution in [2.45, 2.75) is 25.9 Å². The average Bonchev–Trinajstić information content (AvgIpc) is 2.86. The number of methoxy groups -OCH3 is 1. The van der Waals surface area contributed by atoms with Gasteiger partial charge in [0.05, 0.1) is 12.1 Å². The van der Waals surface area contributed by atoms with Crippen LogP contribution in [0.3, 0.4) is 0 Å². The number of hydrogen-bond acceptors (Lipinski definition) is 5. The molecule has 1 aromatic heterocycles. The van der Waals surface area contributed by atoms with Crippen molar-refractivity contribution < 1.29 is 13.9 Å². The van der Waals surface area contributed by atoms with Gasteiger partial charge in [0, 0.05) is 26.1 Å². The predicted molar refractivity (Wildman–Crippen MR) is 93.4 cm³/mol. The lowest BCUT2D eigenvalue weighted by Gasteiger charge is -2.16. The first-order chi connectivity index (χ1) is 11.5. The molecule has 8 nitrogen and oxygen atoms in total. The molecule has 0 fully saturated rings. The van der Waals surface area contributed by atoms with Gasteiger partial charge in [-0.25, -0.2) is 4.79 Å². The molecule has 2 rings (SSSR count). The number of aromatic nitrogens is 1. The maximum Gasteiger partial charge on any atom is 0.419 e. The highest BCUT2D eigenvalue weighted by Gasteiger charge is 2.10. The van der Waals surface area contributed by atoms with E-state index in [9.17, 15) is 9.59 Å². The molecule has 1 amide bonds. The van der Waals surface area contributed by atoms with Gasteiger partial charge in [-0.05, 0) is 31.3 Å². The number of para-hydroxylation sites is 2. The van der Waals surface area contributed by atoms with Crippen molar-refractivity contribution in [2.24, 2.45) is 0 Å². The Morgan fingerprint density at radius 1 is 1.38 bits per heavy atom. The molecule has 130 valence electrons. The van der Waals surface area contributed by atoms with Crippen LogP contribution in [0.5, 0.6) is 0 Å². The van der Waals surface area contributed by atoms with Gasteiger partial charge in [0.1, 0.15) is 0 Å². The second-order valence-corrected chi connectivity index (χ2v) is 5.65. The van der Waals surface area contributed by atoms with Gasteiger partial charge in [-0.2, -0.15) is 0 Å². The molecule has 0 bridgehead atoms. The summed E-state index contributed by atoms with van der Waals surface area (Å²) in [6, 6.07) is 7.08. The number of benzene rings is 1. The number of oxazole rings is 1. The van der Waals surface area contributed by atoms with E-state index in [1.165, 1.54) is 4.57 Å². The standard InChI is InChI=1S/C15H20N4O4S/c1-10(9-22-2)16-14(24)18-17-13(20)7-8-19-11-5-3-4-6-12(11)23-15(19)21/h3-6,10H,7-9H2,1-2H3,(H,17,20)(H2,16,18,24)/t10-/m0/s1. The molecular formula is C15H20N4O4S. The molecule has 0 aliphatic carbocycles. The number of nitrogens with zero attached hydrogens (tertiary/aromatic N) is 1. The van der Waals surface area contributed by atoms with Gasteiger partial charge in [0.15, 0.2) is 10.7 Å². The molecule has 0 aliphatic heterocycles. The third kappa shape index (κ3) is 4.80. The fraction of sp³-hybridized carbons (Fsp3) is 0.400. The molecule has 1 atom stereocenters. The molecule has 0 unspecified atom stereocenters. The third-order valence-electron chi connectivity index (χ3n) is 3.25. The molecule has 1 heterocycles. The number of carbonyl (C=O) groups excluding carboxylic acids is 1. The summed E-state index contributed by atoms with van der Waals surface area (Å²) in [6.07, 6.45) is 0.104. The number of hydrogen-bond donors (Lipinski definition) is 3. The maximum atomic E-state index is 11.9. The molecular weight excluding hydrogens is 332 g/mol. The number of rotatable bonds is 6. The number of carbonyl (C=O) groups is 1. The largest absolute Gasteiger partial charge is 0.419 e. The zero-order chi connectivity index (χ0) is 17.5. The number of ether oxygens (including phenoxy) is 1. The fourth-order valence-corrected chi connectivity index (χ4v) is 2.43.